The SMILES string of the molecule is C=CC(=O)N1CCN(c2nc(O[C@@H]3CNCC3C)nc3c(Oc4c(Cl)c(F)cc5[nH]ncc45)nccc23)CC1. The monoisotopic (exact) mass is 552 g/mol. The van der Waals surface area contributed by atoms with Crippen LogP contribution < -0.4 is 19.7 Å². The summed E-state index contributed by atoms with van der Waals surface area (Å²) in [5.41, 5.74) is 0.818. The lowest BCUT2D eigenvalue weighted by Gasteiger charge is -2.35. The summed E-state index contributed by atoms with van der Waals surface area (Å²) in [7, 11) is 0. The fourth-order valence-electron chi connectivity index (χ4n) is 4.91. The van der Waals surface area contributed by atoms with E-state index in [0.717, 1.165) is 6.54 Å². The van der Waals surface area contributed by atoms with Crippen molar-refractivity contribution in [2.45, 2.75) is 13.0 Å². The third kappa shape index (κ3) is 4.70. The molecular formula is C26H26ClFN8O3. The van der Waals surface area contributed by atoms with Crippen LogP contribution in [0.2, 0.25) is 5.02 Å². The number of ether oxygens (including phenoxy) is 2. The first kappa shape index (κ1) is 25.3. The molecule has 4 aromatic rings. The molecule has 1 unspecified atom stereocenters. The van der Waals surface area contributed by atoms with Crippen LogP contribution in [0.4, 0.5) is 10.2 Å². The average Bonchev–Trinajstić information content (AvgIpc) is 3.59. The lowest BCUT2D eigenvalue weighted by atomic mass is 10.1. The average molecular weight is 553 g/mol. The summed E-state index contributed by atoms with van der Waals surface area (Å²) in [6.45, 7) is 9.33. The second-order valence-corrected chi connectivity index (χ2v) is 9.96. The highest BCUT2D eigenvalue weighted by molar-refractivity contribution is 6.33. The topological polar surface area (TPSA) is 121 Å². The third-order valence-electron chi connectivity index (χ3n) is 7.10. The number of aromatic nitrogens is 5. The minimum Gasteiger partial charge on any atom is -0.458 e. The molecule has 0 aliphatic carbocycles. The van der Waals surface area contributed by atoms with Crippen LogP contribution in [-0.4, -0.2) is 81.3 Å². The number of hydrogen-bond acceptors (Lipinski definition) is 9. The third-order valence-corrected chi connectivity index (χ3v) is 7.45. The van der Waals surface area contributed by atoms with Gasteiger partial charge in [-0.25, -0.2) is 9.37 Å². The maximum atomic E-state index is 14.6. The number of halogens is 2. The molecule has 2 atom stereocenters. The van der Waals surface area contributed by atoms with E-state index in [4.69, 9.17) is 26.1 Å². The Labute approximate surface area is 228 Å². The number of pyridine rings is 1. The molecule has 202 valence electrons. The highest BCUT2D eigenvalue weighted by Gasteiger charge is 2.29. The largest absolute Gasteiger partial charge is 0.458 e. The molecule has 39 heavy (non-hydrogen) atoms. The molecule has 0 bridgehead atoms. The molecule has 3 aromatic heterocycles. The normalized spacial score (nSPS) is 19.6. The highest BCUT2D eigenvalue weighted by Crippen LogP contribution is 2.40. The Hall–Kier alpha value is -4.03. The first-order chi connectivity index (χ1) is 18.9. The number of nitrogens with one attached hydrogen (secondary N) is 2. The summed E-state index contributed by atoms with van der Waals surface area (Å²) >= 11 is 6.31. The van der Waals surface area contributed by atoms with Gasteiger partial charge >= 0.3 is 6.01 Å². The van der Waals surface area contributed by atoms with E-state index in [-0.39, 0.29) is 40.6 Å². The van der Waals surface area contributed by atoms with Crippen LogP contribution in [0.15, 0.2) is 37.2 Å². The van der Waals surface area contributed by atoms with E-state index >= 15 is 0 Å². The maximum Gasteiger partial charge on any atom is 0.319 e. The highest BCUT2D eigenvalue weighted by atomic mass is 35.5. The smallest absolute Gasteiger partial charge is 0.319 e. The van der Waals surface area contributed by atoms with Crippen molar-refractivity contribution < 1.29 is 18.7 Å². The molecule has 2 aliphatic rings. The Morgan fingerprint density at radius 2 is 2.05 bits per heavy atom. The summed E-state index contributed by atoms with van der Waals surface area (Å²) in [4.78, 5) is 29.8. The summed E-state index contributed by atoms with van der Waals surface area (Å²) < 4.78 is 27.0. The van der Waals surface area contributed by atoms with Gasteiger partial charge in [0.1, 0.15) is 28.3 Å². The van der Waals surface area contributed by atoms with E-state index in [0.29, 0.717) is 60.3 Å². The van der Waals surface area contributed by atoms with Gasteiger partial charge in [-0.3, -0.25) is 9.89 Å². The van der Waals surface area contributed by atoms with Crippen LogP contribution in [-0.2, 0) is 4.79 Å². The molecule has 0 spiro atoms. The number of benzene rings is 1. The van der Waals surface area contributed by atoms with Crippen LogP contribution in [0, 0.1) is 11.7 Å². The van der Waals surface area contributed by atoms with Crippen molar-refractivity contribution in [2.24, 2.45) is 5.92 Å². The zero-order valence-electron chi connectivity index (χ0n) is 21.2. The first-order valence-corrected chi connectivity index (χ1v) is 13.0. The lowest BCUT2D eigenvalue weighted by molar-refractivity contribution is -0.126. The van der Waals surface area contributed by atoms with Gasteiger partial charge in [0.25, 0.3) is 0 Å². The van der Waals surface area contributed by atoms with Gasteiger partial charge in [0.2, 0.25) is 11.8 Å². The number of anilines is 1. The van der Waals surface area contributed by atoms with Crippen LogP contribution in [0.1, 0.15) is 6.92 Å². The van der Waals surface area contributed by atoms with Gasteiger partial charge in [-0.15, -0.1) is 0 Å². The van der Waals surface area contributed by atoms with Crippen molar-refractivity contribution in [1.29, 1.82) is 0 Å². The van der Waals surface area contributed by atoms with Gasteiger partial charge in [0, 0.05) is 57.4 Å². The number of rotatable bonds is 6. The van der Waals surface area contributed by atoms with Crippen LogP contribution in [0.5, 0.6) is 17.6 Å². The first-order valence-electron chi connectivity index (χ1n) is 12.6. The Balaban J connectivity index is 1.43. The van der Waals surface area contributed by atoms with Crippen molar-refractivity contribution in [3.05, 3.63) is 48.0 Å². The second-order valence-electron chi connectivity index (χ2n) is 9.59. The Morgan fingerprint density at radius 3 is 2.79 bits per heavy atom. The predicted molar refractivity (Wildman–Crippen MR) is 144 cm³/mol. The minimum absolute atomic E-state index is 0.0771. The molecule has 6 rings (SSSR count). The maximum absolute atomic E-state index is 14.6. The van der Waals surface area contributed by atoms with Gasteiger partial charge in [0.15, 0.2) is 5.75 Å². The molecule has 0 radical (unpaired) electrons. The quantitative estimate of drug-likeness (QED) is 0.347. The molecule has 2 saturated heterocycles. The number of amides is 1. The number of aromatic amines is 1. The molecule has 1 amide bonds. The van der Waals surface area contributed by atoms with E-state index in [1.807, 2.05) is 0 Å². The summed E-state index contributed by atoms with van der Waals surface area (Å²) in [6.07, 6.45) is 4.30. The summed E-state index contributed by atoms with van der Waals surface area (Å²) in [5.74, 6) is 0.336. The summed E-state index contributed by atoms with van der Waals surface area (Å²) in [5, 5.41) is 11.0. The van der Waals surface area contributed by atoms with Gasteiger partial charge in [-0.1, -0.05) is 25.1 Å². The van der Waals surface area contributed by atoms with E-state index in [1.165, 1.54) is 18.3 Å². The van der Waals surface area contributed by atoms with Crippen LogP contribution >= 0.6 is 11.6 Å². The Bertz CT molecular complexity index is 1570. The van der Waals surface area contributed by atoms with Crippen molar-refractivity contribution >= 4 is 45.1 Å². The fourth-order valence-corrected chi connectivity index (χ4v) is 5.11. The van der Waals surface area contributed by atoms with E-state index in [1.54, 1.807) is 17.2 Å². The lowest BCUT2D eigenvalue weighted by Crippen LogP contribution is -2.48. The number of fused-ring (bicyclic) bond motifs is 2. The molecule has 2 aliphatic heterocycles. The second kappa shape index (κ2) is 10.3. The van der Waals surface area contributed by atoms with Gasteiger partial charge in [-0.2, -0.15) is 15.1 Å². The summed E-state index contributed by atoms with van der Waals surface area (Å²) in [6, 6.07) is 3.23. The standard InChI is InChI=1S/C26H26ClFN8O3/c1-3-20(37)35-6-8-36(9-7-35)24-15-4-5-30-25(22(15)32-26(33-24)38-19-13-29-11-14(19)2)39-23-16-12-31-34-18(16)10-17(28)21(23)27/h3-5,10,12,14,19,29H,1,6-9,11,13H2,2H3,(H,31,34)/t14?,19-/m1/s1. The molecule has 2 fully saturated rings. The molecular weight excluding hydrogens is 527 g/mol. The number of H-pyrrole nitrogens is 1. The molecule has 13 heteroatoms. The fraction of sp³-hybridized carbons (Fsp3) is 0.346. The Morgan fingerprint density at radius 1 is 1.23 bits per heavy atom. The van der Waals surface area contributed by atoms with Crippen molar-refractivity contribution in [2.75, 3.05) is 44.2 Å². The number of hydrogen-bond donors (Lipinski definition) is 2. The molecule has 0 saturated carbocycles. The number of carbonyl (C=O) groups excluding carboxylic acids is 1. The number of piperazine rings is 1. The zero-order valence-corrected chi connectivity index (χ0v) is 21.9. The Kier molecular flexibility index (Phi) is 6.65. The van der Waals surface area contributed by atoms with Crippen molar-refractivity contribution in [3.8, 4) is 17.6 Å². The molecule has 5 heterocycles. The minimum atomic E-state index is -0.655. The van der Waals surface area contributed by atoms with Gasteiger partial charge < -0.3 is 24.6 Å². The van der Waals surface area contributed by atoms with Crippen molar-refractivity contribution in [3.63, 3.8) is 0 Å². The predicted octanol–water partition coefficient (Wildman–Crippen LogP) is 3.31. The zero-order chi connectivity index (χ0) is 27.1. The van der Waals surface area contributed by atoms with E-state index < -0.39 is 5.82 Å². The van der Waals surface area contributed by atoms with Crippen LogP contribution in [0.25, 0.3) is 21.8 Å². The van der Waals surface area contributed by atoms with Crippen LogP contribution in [0.3, 0.4) is 0 Å². The van der Waals surface area contributed by atoms with Gasteiger partial charge in [-0.05, 0) is 12.1 Å². The molecule has 11 nitrogen and oxygen atoms in total. The van der Waals surface area contributed by atoms with E-state index in [2.05, 4.69) is 43.9 Å². The number of nitrogens with zero attached hydrogens (tertiary/aromatic N) is 6. The molecule has 1 aromatic carbocycles. The number of carbonyl (C=O) groups is 1. The van der Waals surface area contributed by atoms with Crippen molar-refractivity contribution in [1.82, 2.24) is 35.4 Å². The van der Waals surface area contributed by atoms with E-state index in [9.17, 15) is 9.18 Å². The van der Waals surface area contributed by atoms with Gasteiger partial charge in [0.05, 0.1) is 22.5 Å². The molecule has 2 N–H and O–H groups in total.